The number of nitrogens with zero attached hydrogens (tertiary/aromatic N) is 1. The van der Waals surface area contributed by atoms with Crippen LogP contribution >= 0.6 is 11.3 Å². The summed E-state index contributed by atoms with van der Waals surface area (Å²) in [7, 11) is -3.63. The molecule has 0 spiro atoms. The first-order chi connectivity index (χ1) is 9.88. The van der Waals surface area contributed by atoms with Crippen molar-refractivity contribution in [1.29, 1.82) is 0 Å². The Morgan fingerprint density at radius 3 is 2.48 bits per heavy atom. The number of sulfonamides is 1. The molecule has 2 rings (SSSR count). The first-order valence-electron chi connectivity index (χ1n) is 6.63. The van der Waals surface area contributed by atoms with Gasteiger partial charge in [0.2, 0.25) is 10.0 Å². The number of thiazole rings is 1. The third-order valence-electron chi connectivity index (χ3n) is 3.31. The fraction of sp³-hybridized carbons (Fsp3) is 0.357. The van der Waals surface area contributed by atoms with Gasteiger partial charge in [-0.3, -0.25) is 0 Å². The molecule has 21 heavy (non-hydrogen) atoms. The van der Waals surface area contributed by atoms with Crippen LogP contribution in [0.5, 0.6) is 0 Å². The summed E-state index contributed by atoms with van der Waals surface area (Å²) in [5.74, 6) is 0.344. The molecule has 0 aliphatic heterocycles. The Morgan fingerprint density at radius 2 is 1.95 bits per heavy atom. The Bertz CT molecular complexity index is 667. The van der Waals surface area contributed by atoms with Gasteiger partial charge in [0.1, 0.15) is 0 Å². The minimum Gasteiger partial charge on any atom is -0.310 e. The second-order valence-corrected chi connectivity index (χ2v) is 7.50. The Balaban J connectivity index is 1.96. The molecular formula is C14H19N3O2S2. The molecule has 7 heteroatoms. The van der Waals surface area contributed by atoms with Gasteiger partial charge in [0, 0.05) is 30.1 Å². The zero-order valence-electron chi connectivity index (χ0n) is 12.0. The fourth-order valence-electron chi connectivity index (χ4n) is 1.98. The number of primary sulfonamides is 1. The summed E-state index contributed by atoms with van der Waals surface area (Å²) in [6, 6.07) is 6.76. The Hall–Kier alpha value is -1.28. The second kappa shape index (κ2) is 6.65. The van der Waals surface area contributed by atoms with Crippen molar-refractivity contribution in [3.63, 3.8) is 0 Å². The molecule has 1 aromatic heterocycles. The topological polar surface area (TPSA) is 85.1 Å². The molecule has 2 atom stereocenters. The maximum absolute atomic E-state index is 11.2. The normalized spacial score (nSPS) is 14.8. The van der Waals surface area contributed by atoms with E-state index in [0.29, 0.717) is 5.92 Å². The van der Waals surface area contributed by atoms with Crippen LogP contribution in [0, 0.1) is 0 Å². The molecule has 1 aromatic carbocycles. The van der Waals surface area contributed by atoms with Gasteiger partial charge in [0.05, 0.1) is 9.90 Å². The quantitative estimate of drug-likeness (QED) is 0.853. The van der Waals surface area contributed by atoms with Crippen molar-refractivity contribution in [2.24, 2.45) is 5.14 Å². The van der Waals surface area contributed by atoms with E-state index in [2.05, 4.69) is 17.2 Å². The Morgan fingerprint density at radius 1 is 1.29 bits per heavy atom. The van der Waals surface area contributed by atoms with E-state index in [0.717, 1.165) is 17.1 Å². The average molecular weight is 325 g/mol. The number of hydrogen-bond donors (Lipinski definition) is 2. The Labute approximate surface area is 129 Å². The van der Waals surface area contributed by atoms with Crippen molar-refractivity contribution in [3.8, 4) is 0 Å². The van der Waals surface area contributed by atoms with E-state index < -0.39 is 10.0 Å². The minimum atomic E-state index is -3.63. The van der Waals surface area contributed by atoms with Crippen LogP contribution < -0.4 is 10.5 Å². The summed E-state index contributed by atoms with van der Waals surface area (Å²) in [6.45, 7) is 4.98. The Kier molecular flexibility index (Phi) is 5.10. The molecule has 1 heterocycles. The van der Waals surface area contributed by atoms with Crippen molar-refractivity contribution in [2.75, 3.05) is 6.54 Å². The molecule has 2 unspecified atom stereocenters. The molecular weight excluding hydrogens is 306 g/mol. The lowest BCUT2D eigenvalue weighted by Crippen LogP contribution is -2.23. The van der Waals surface area contributed by atoms with E-state index in [9.17, 15) is 8.42 Å². The second-order valence-electron chi connectivity index (χ2n) is 5.02. The smallest absolute Gasteiger partial charge is 0.238 e. The van der Waals surface area contributed by atoms with Crippen LogP contribution in [0.15, 0.2) is 40.7 Å². The van der Waals surface area contributed by atoms with E-state index in [4.69, 9.17) is 5.14 Å². The molecule has 0 aliphatic carbocycles. The maximum Gasteiger partial charge on any atom is 0.238 e. The van der Waals surface area contributed by atoms with E-state index in [1.807, 2.05) is 18.5 Å². The summed E-state index contributed by atoms with van der Waals surface area (Å²) in [6.07, 6.45) is 1.81. The number of hydrogen-bond acceptors (Lipinski definition) is 5. The molecule has 2 aromatic rings. The fourth-order valence-corrected chi connectivity index (χ4v) is 3.20. The van der Waals surface area contributed by atoms with Gasteiger partial charge in [-0.1, -0.05) is 19.1 Å². The molecule has 0 aliphatic rings. The van der Waals surface area contributed by atoms with E-state index in [1.165, 1.54) is 12.1 Å². The van der Waals surface area contributed by atoms with Crippen LogP contribution in [0.4, 0.5) is 0 Å². The number of rotatable bonds is 6. The lowest BCUT2D eigenvalue weighted by molar-refractivity contribution is 0.536. The summed E-state index contributed by atoms with van der Waals surface area (Å²) in [4.78, 5) is 4.44. The third kappa shape index (κ3) is 4.34. The van der Waals surface area contributed by atoms with Gasteiger partial charge in [0.15, 0.2) is 0 Å². The molecule has 3 N–H and O–H groups in total. The van der Waals surface area contributed by atoms with Gasteiger partial charge in [-0.25, -0.2) is 18.5 Å². The van der Waals surface area contributed by atoms with E-state index >= 15 is 0 Å². The molecule has 0 bridgehead atoms. The van der Waals surface area contributed by atoms with Crippen molar-refractivity contribution >= 4 is 21.4 Å². The van der Waals surface area contributed by atoms with Gasteiger partial charge < -0.3 is 5.32 Å². The lowest BCUT2D eigenvalue weighted by atomic mass is 10.1. The first kappa shape index (κ1) is 16.1. The largest absolute Gasteiger partial charge is 0.310 e. The highest BCUT2D eigenvalue weighted by atomic mass is 32.2. The lowest BCUT2D eigenvalue weighted by Gasteiger charge is -2.17. The first-order valence-corrected chi connectivity index (χ1v) is 9.06. The molecule has 0 radical (unpaired) electrons. The number of aromatic nitrogens is 1. The van der Waals surface area contributed by atoms with Gasteiger partial charge >= 0.3 is 0 Å². The standard InChI is InChI=1S/C14H19N3O2S2/c1-10(14-16-7-8-20-14)9-17-11(2)12-3-5-13(6-4-12)21(15,18)19/h3-8,10-11,17H,9H2,1-2H3,(H2,15,18,19). The SMILES string of the molecule is CC(CNC(C)c1ccc(S(N)(=O)=O)cc1)c1nccs1. The summed E-state index contributed by atoms with van der Waals surface area (Å²) in [5.41, 5.74) is 1.02. The van der Waals surface area contributed by atoms with Crippen molar-refractivity contribution in [3.05, 3.63) is 46.4 Å². The highest BCUT2D eigenvalue weighted by molar-refractivity contribution is 7.89. The summed E-state index contributed by atoms with van der Waals surface area (Å²) in [5, 5.41) is 11.6. The number of benzene rings is 1. The van der Waals surface area contributed by atoms with Crippen LogP contribution in [0.25, 0.3) is 0 Å². The third-order valence-corrected chi connectivity index (χ3v) is 5.25. The van der Waals surface area contributed by atoms with Crippen LogP contribution in [0.2, 0.25) is 0 Å². The highest BCUT2D eigenvalue weighted by Gasteiger charge is 2.12. The van der Waals surface area contributed by atoms with E-state index in [1.54, 1.807) is 23.5 Å². The zero-order valence-corrected chi connectivity index (χ0v) is 13.6. The molecule has 0 amide bonds. The van der Waals surface area contributed by atoms with Gasteiger partial charge in [-0.2, -0.15) is 0 Å². The van der Waals surface area contributed by atoms with Crippen molar-refractivity contribution in [1.82, 2.24) is 10.3 Å². The minimum absolute atomic E-state index is 0.127. The number of nitrogens with one attached hydrogen (secondary N) is 1. The van der Waals surface area contributed by atoms with Crippen LogP contribution in [0.3, 0.4) is 0 Å². The highest BCUT2D eigenvalue weighted by Crippen LogP contribution is 2.19. The van der Waals surface area contributed by atoms with Crippen LogP contribution in [-0.4, -0.2) is 19.9 Å². The molecule has 0 saturated heterocycles. The van der Waals surface area contributed by atoms with Gasteiger partial charge in [0.25, 0.3) is 0 Å². The monoisotopic (exact) mass is 325 g/mol. The molecule has 0 fully saturated rings. The summed E-state index contributed by atoms with van der Waals surface area (Å²) >= 11 is 1.65. The predicted molar refractivity (Wildman–Crippen MR) is 84.8 cm³/mol. The van der Waals surface area contributed by atoms with Crippen molar-refractivity contribution < 1.29 is 8.42 Å². The van der Waals surface area contributed by atoms with Crippen molar-refractivity contribution in [2.45, 2.75) is 30.7 Å². The van der Waals surface area contributed by atoms with E-state index in [-0.39, 0.29) is 10.9 Å². The van der Waals surface area contributed by atoms with Crippen LogP contribution in [-0.2, 0) is 10.0 Å². The summed E-state index contributed by atoms with van der Waals surface area (Å²) < 4.78 is 22.4. The average Bonchev–Trinajstić information content (AvgIpc) is 2.98. The van der Waals surface area contributed by atoms with Gasteiger partial charge in [-0.15, -0.1) is 11.3 Å². The zero-order chi connectivity index (χ0) is 15.5. The molecule has 114 valence electrons. The maximum atomic E-state index is 11.2. The molecule has 0 saturated carbocycles. The molecule has 5 nitrogen and oxygen atoms in total. The number of nitrogens with two attached hydrogens (primary N) is 1. The van der Waals surface area contributed by atoms with Crippen LogP contribution in [0.1, 0.15) is 36.4 Å². The van der Waals surface area contributed by atoms with Gasteiger partial charge in [-0.05, 0) is 24.6 Å². The predicted octanol–water partition coefficient (Wildman–Crippen LogP) is 2.24.